The van der Waals surface area contributed by atoms with Crippen LogP contribution >= 0.6 is 0 Å². The average Bonchev–Trinajstić information content (AvgIpc) is 3.21. The van der Waals surface area contributed by atoms with Gasteiger partial charge in [-0.1, -0.05) is 24.3 Å². The molecular formula is C19H22N6. The molecule has 128 valence electrons. The summed E-state index contributed by atoms with van der Waals surface area (Å²) in [5.74, 6) is 0.813. The van der Waals surface area contributed by atoms with E-state index < -0.39 is 0 Å². The molecule has 6 heteroatoms. The number of hydrogen-bond acceptors (Lipinski definition) is 5. The van der Waals surface area contributed by atoms with Crippen LogP contribution in [0.2, 0.25) is 0 Å². The number of aromatic nitrogens is 4. The van der Waals surface area contributed by atoms with Crippen molar-refractivity contribution in [2.75, 3.05) is 31.1 Å². The molecule has 1 N–H and O–H groups in total. The van der Waals surface area contributed by atoms with Gasteiger partial charge in [0.1, 0.15) is 0 Å². The van der Waals surface area contributed by atoms with E-state index >= 15 is 0 Å². The number of anilines is 1. The molecule has 0 saturated carbocycles. The lowest BCUT2D eigenvalue weighted by Crippen LogP contribution is -2.39. The molecule has 3 aromatic rings. The van der Waals surface area contributed by atoms with Gasteiger partial charge in [0.25, 0.3) is 0 Å². The molecule has 1 aromatic carbocycles. The smallest absolute Gasteiger partial charge is 0.227 e. The van der Waals surface area contributed by atoms with Gasteiger partial charge in [-0.3, -0.25) is 10.00 Å². The molecule has 25 heavy (non-hydrogen) atoms. The van der Waals surface area contributed by atoms with Crippen molar-refractivity contribution in [3.63, 3.8) is 0 Å². The molecule has 0 radical (unpaired) electrons. The lowest BCUT2D eigenvalue weighted by atomic mass is 10.1. The van der Waals surface area contributed by atoms with Crippen molar-refractivity contribution in [1.29, 1.82) is 0 Å². The zero-order chi connectivity index (χ0) is 16.6. The maximum atomic E-state index is 4.63. The first-order valence-corrected chi connectivity index (χ1v) is 9.09. The molecule has 6 nitrogen and oxygen atoms in total. The van der Waals surface area contributed by atoms with Gasteiger partial charge in [0.05, 0.1) is 11.6 Å². The van der Waals surface area contributed by atoms with E-state index in [4.69, 9.17) is 0 Å². The van der Waals surface area contributed by atoms with Gasteiger partial charge in [-0.2, -0.15) is 10.1 Å². The summed E-state index contributed by atoms with van der Waals surface area (Å²) in [6.07, 6.45) is 7.15. The minimum absolute atomic E-state index is 0.647. The van der Waals surface area contributed by atoms with Crippen LogP contribution in [0.15, 0.2) is 36.7 Å². The fraction of sp³-hybridized carbons (Fsp3) is 0.421. The summed E-state index contributed by atoms with van der Waals surface area (Å²) < 4.78 is 0. The molecule has 5 rings (SSSR count). The van der Waals surface area contributed by atoms with Gasteiger partial charge < -0.3 is 4.90 Å². The molecule has 1 aliphatic heterocycles. The fourth-order valence-corrected chi connectivity index (χ4v) is 4.18. The largest absolute Gasteiger partial charge is 0.339 e. The van der Waals surface area contributed by atoms with E-state index in [1.54, 1.807) is 6.20 Å². The van der Waals surface area contributed by atoms with Crippen molar-refractivity contribution >= 4 is 17.0 Å². The Labute approximate surface area is 146 Å². The van der Waals surface area contributed by atoms with Crippen LogP contribution in [-0.2, 0) is 12.8 Å². The zero-order valence-corrected chi connectivity index (χ0v) is 14.2. The normalized spacial score (nSPS) is 19.3. The summed E-state index contributed by atoms with van der Waals surface area (Å²) in [6.45, 7) is 4.22. The lowest BCUT2D eigenvalue weighted by Gasteiger charge is -2.27. The Morgan fingerprint density at radius 1 is 0.960 bits per heavy atom. The minimum atomic E-state index is 0.647. The van der Waals surface area contributed by atoms with Crippen molar-refractivity contribution in [2.24, 2.45) is 0 Å². The molecule has 1 saturated heterocycles. The van der Waals surface area contributed by atoms with E-state index in [-0.39, 0.29) is 0 Å². The van der Waals surface area contributed by atoms with Gasteiger partial charge >= 0.3 is 0 Å². The molecular weight excluding hydrogens is 312 g/mol. The SMILES string of the molecule is c1ccc2c(c1)CC(N1CCCN(c3ncc4cn[nH]c4n3)CC1)C2. The van der Waals surface area contributed by atoms with Crippen LogP contribution in [0.25, 0.3) is 11.0 Å². The van der Waals surface area contributed by atoms with E-state index in [0.29, 0.717) is 6.04 Å². The first kappa shape index (κ1) is 14.8. The number of fused-ring (bicyclic) bond motifs is 2. The van der Waals surface area contributed by atoms with Crippen LogP contribution in [0.3, 0.4) is 0 Å². The van der Waals surface area contributed by atoms with Crippen molar-refractivity contribution in [1.82, 2.24) is 25.1 Å². The van der Waals surface area contributed by atoms with Crippen LogP contribution in [0.4, 0.5) is 5.95 Å². The van der Waals surface area contributed by atoms with Crippen molar-refractivity contribution < 1.29 is 0 Å². The maximum absolute atomic E-state index is 4.63. The number of benzene rings is 1. The number of aromatic amines is 1. The monoisotopic (exact) mass is 334 g/mol. The van der Waals surface area contributed by atoms with Gasteiger partial charge in [0.2, 0.25) is 5.95 Å². The Balaban J connectivity index is 1.29. The molecule has 0 atom stereocenters. The Kier molecular flexibility index (Phi) is 3.63. The number of nitrogens with one attached hydrogen (secondary N) is 1. The van der Waals surface area contributed by atoms with E-state index in [0.717, 1.165) is 49.6 Å². The number of H-pyrrole nitrogens is 1. The van der Waals surface area contributed by atoms with Gasteiger partial charge in [0.15, 0.2) is 5.65 Å². The van der Waals surface area contributed by atoms with Crippen molar-refractivity contribution in [2.45, 2.75) is 25.3 Å². The maximum Gasteiger partial charge on any atom is 0.227 e. The zero-order valence-electron chi connectivity index (χ0n) is 14.2. The molecule has 2 aliphatic rings. The summed E-state index contributed by atoms with van der Waals surface area (Å²) in [4.78, 5) is 14.1. The van der Waals surface area contributed by atoms with Crippen LogP contribution in [-0.4, -0.2) is 57.3 Å². The fourth-order valence-electron chi connectivity index (χ4n) is 4.18. The van der Waals surface area contributed by atoms with Gasteiger partial charge in [0, 0.05) is 38.4 Å². The van der Waals surface area contributed by atoms with Gasteiger partial charge in [-0.15, -0.1) is 0 Å². The van der Waals surface area contributed by atoms with E-state index in [2.05, 4.69) is 54.2 Å². The predicted octanol–water partition coefficient (Wildman–Crippen LogP) is 2.03. The molecule has 0 bridgehead atoms. The highest BCUT2D eigenvalue weighted by molar-refractivity contribution is 5.73. The standard InChI is InChI=1S/C19H22N6/c1-2-5-15-11-17(10-14(15)4-1)24-6-3-7-25(9-8-24)19-20-12-16-13-21-23-18(16)22-19/h1-2,4-5,12-13,17H,3,6-11H2,(H,20,21,22,23). The topological polar surface area (TPSA) is 60.9 Å². The summed E-state index contributed by atoms with van der Waals surface area (Å²) >= 11 is 0. The molecule has 0 amide bonds. The summed E-state index contributed by atoms with van der Waals surface area (Å²) in [6, 6.07) is 9.54. The third-order valence-corrected chi connectivity index (χ3v) is 5.54. The predicted molar refractivity (Wildman–Crippen MR) is 97.7 cm³/mol. The number of rotatable bonds is 2. The second-order valence-corrected chi connectivity index (χ2v) is 7.05. The summed E-state index contributed by atoms with van der Waals surface area (Å²) in [7, 11) is 0. The Hall–Kier alpha value is -2.47. The van der Waals surface area contributed by atoms with Gasteiger partial charge in [-0.05, 0) is 30.4 Å². The van der Waals surface area contributed by atoms with E-state index in [1.807, 2.05) is 6.20 Å². The molecule has 1 fully saturated rings. The van der Waals surface area contributed by atoms with Crippen molar-refractivity contribution in [3.05, 3.63) is 47.8 Å². The van der Waals surface area contributed by atoms with E-state index in [9.17, 15) is 0 Å². The van der Waals surface area contributed by atoms with Crippen LogP contribution in [0.1, 0.15) is 17.5 Å². The second kappa shape index (κ2) is 6.11. The second-order valence-electron chi connectivity index (χ2n) is 7.05. The quantitative estimate of drug-likeness (QED) is 0.777. The molecule has 3 heterocycles. The number of hydrogen-bond donors (Lipinski definition) is 1. The lowest BCUT2D eigenvalue weighted by molar-refractivity contribution is 0.216. The van der Waals surface area contributed by atoms with Crippen LogP contribution in [0, 0.1) is 0 Å². The highest BCUT2D eigenvalue weighted by Gasteiger charge is 2.28. The average molecular weight is 334 g/mol. The highest BCUT2D eigenvalue weighted by Crippen LogP contribution is 2.26. The third kappa shape index (κ3) is 2.76. The van der Waals surface area contributed by atoms with Gasteiger partial charge in [-0.25, -0.2) is 4.98 Å². The Morgan fingerprint density at radius 3 is 2.64 bits per heavy atom. The first-order valence-electron chi connectivity index (χ1n) is 9.09. The minimum Gasteiger partial charge on any atom is -0.339 e. The van der Waals surface area contributed by atoms with E-state index in [1.165, 1.54) is 24.0 Å². The Bertz CT molecular complexity index is 863. The van der Waals surface area contributed by atoms with Crippen LogP contribution in [0.5, 0.6) is 0 Å². The number of nitrogens with zero attached hydrogens (tertiary/aromatic N) is 5. The highest BCUT2D eigenvalue weighted by atomic mass is 15.3. The summed E-state index contributed by atoms with van der Waals surface area (Å²) in [5, 5.41) is 7.94. The molecule has 0 spiro atoms. The molecule has 1 aliphatic carbocycles. The first-order chi connectivity index (χ1) is 12.4. The Morgan fingerprint density at radius 2 is 1.80 bits per heavy atom. The van der Waals surface area contributed by atoms with Crippen molar-refractivity contribution in [3.8, 4) is 0 Å². The third-order valence-electron chi connectivity index (χ3n) is 5.54. The van der Waals surface area contributed by atoms with Crippen LogP contribution < -0.4 is 4.90 Å². The molecule has 2 aromatic heterocycles. The molecule has 0 unspecified atom stereocenters. The summed E-state index contributed by atoms with van der Waals surface area (Å²) in [5.41, 5.74) is 3.88.